The van der Waals surface area contributed by atoms with Gasteiger partial charge >= 0.3 is 0 Å². The topological polar surface area (TPSA) is 92.6 Å². The second-order valence-corrected chi connectivity index (χ2v) is 8.66. The minimum atomic E-state index is -0.776. The second kappa shape index (κ2) is 9.26. The molecule has 0 radical (unpaired) electrons. The van der Waals surface area contributed by atoms with Gasteiger partial charge in [-0.05, 0) is 41.7 Å². The Morgan fingerprint density at radius 2 is 1.77 bits per heavy atom. The van der Waals surface area contributed by atoms with Crippen LogP contribution in [0.25, 0.3) is 0 Å². The lowest BCUT2D eigenvalue weighted by molar-refractivity contribution is -0.384. The molecule has 30 heavy (non-hydrogen) atoms. The molecule has 1 unspecified atom stereocenters. The van der Waals surface area contributed by atoms with E-state index in [2.05, 4.69) is 26.1 Å². The van der Waals surface area contributed by atoms with E-state index in [0.29, 0.717) is 16.1 Å². The zero-order chi connectivity index (χ0) is 22.6. The summed E-state index contributed by atoms with van der Waals surface area (Å²) in [6.45, 7) is 7.94. The highest BCUT2D eigenvalue weighted by atomic mass is 35.5. The fourth-order valence-electron chi connectivity index (χ4n) is 2.92. The van der Waals surface area contributed by atoms with Gasteiger partial charge in [-0.25, -0.2) is 0 Å². The highest BCUT2D eigenvalue weighted by Gasteiger charge is 2.22. The number of carbonyl (C=O) groups is 2. The Labute approximate surface area is 181 Å². The number of nitrogens with one attached hydrogen (secondary N) is 1. The molecule has 8 heteroatoms. The van der Waals surface area contributed by atoms with Crippen LogP contribution < -0.4 is 5.32 Å². The Bertz CT molecular complexity index is 952. The Morgan fingerprint density at radius 3 is 2.30 bits per heavy atom. The molecule has 160 valence electrons. The number of carbonyl (C=O) groups excluding carboxylic acids is 2. The first-order valence-electron chi connectivity index (χ1n) is 9.49. The van der Waals surface area contributed by atoms with Gasteiger partial charge in [0.25, 0.3) is 11.6 Å². The first-order chi connectivity index (χ1) is 13.9. The monoisotopic (exact) mass is 431 g/mol. The third-order valence-electron chi connectivity index (χ3n) is 4.75. The van der Waals surface area contributed by atoms with Gasteiger partial charge < -0.3 is 10.2 Å². The second-order valence-electron chi connectivity index (χ2n) is 8.25. The molecule has 7 nitrogen and oxygen atoms in total. The lowest BCUT2D eigenvalue weighted by Crippen LogP contribution is -2.45. The number of non-ortho nitro benzene ring substituents is 1. The minimum Gasteiger partial charge on any atom is -0.341 e. The summed E-state index contributed by atoms with van der Waals surface area (Å²) < 4.78 is 0. The third kappa shape index (κ3) is 5.79. The molecule has 2 aromatic carbocycles. The zero-order valence-electron chi connectivity index (χ0n) is 17.7. The summed E-state index contributed by atoms with van der Waals surface area (Å²) >= 11 is 6.11. The number of nitro groups is 1. The summed E-state index contributed by atoms with van der Waals surface area (Å²) in [5.41, 5.74) is 1.91. The van der Waals surface area contributed by atoms with Crippen LogP contribution in [0.3, 0.4) is 0 Å². The molecule has 2 amide bonds. The van der Waals surface area contributed by atoms with Gasteiger partial charge in [0.05, 0.1) is 4.92 Å². The van der Waals surface area contributed by atoms with Crippen LogP contribution in [0.4, 0.5) is 5.69 Å². The molecule has 0 saturated heterocycles. The normalized spacial score (nSPS) is 12.2. The Kier molecular flexibility index (Phi) is 7.21. The smallest absolute Gasteiger partial charge is 0.269 e. The number of nitro benzene ring substituents is 1. The molecule has 0 aromatic heterocycles. The molecular weight excluding hydrogens is 406 g/mol. The quantitative estimate of drug-likeness (QED) is 0.544. The van der Waals surface area contributed by atoms with E-state index in [1.54, 1.807) is 26.1 Å². The first kappa shape index (κ1) is 23.3. The number of likely N-dealkylation sites (N-methyl/N-ethyl adjacent to an activating group) is 1. The fourth-order valence-corrected chi connectivity index (χ4v) is 3.10. The van der Waals surface area contributed by atoms with Crippen molar-refractivity contribution in [3.8, 4) is 0 Å². The van der Waals surface area contributed by atoms with Crippen molar-refractivity contribution in [2.24, 2.45) is 0 Å². The number of nitrogens with zero attached hydrogens (tertiary/aromatic N) is 2. The van der Waals surface area contributed by atoms with Crippen molar-refractivity contribution in [2.75, 3.05) is 7.05 Å². The molecular formula is C22H26ClN3O4. The fraction of sp³-hybridized carbons (Fsp3) is 0.364. The molecule has 0 aliphatic heterocycles. The van der Waals surface area contributed by atoms with Crippen molar-refractivity contribution in [3.05, 3.63) is 74.3 Å². The maximum absolute atomic E-state index is 12.7. The van der Waals surface area contributed by atoms with Crippen molar-refractivity contribution in [1.29, 1.82) is 0 Å². The van der Waals surface area contributed by atoms with Gasteiger partial charge in [0.2, 0.25) is 5.91 Å². The summed E-state index contributed by atoms with van der Waals surface area (Å²) in [6, 6.07) is 10.6. The van der Waals surface area contributed by atoms with Crippen molar-refractivity contribution >= 4 is 29.1 Å². The lowest BCUT2D eigenvalue weighted by atomic mass is 9.86. The third-order valence-corrected chi connectivity index (χ3v) is 5.12. The maximum Gasteiger partial charge on any atom is 0.269 e. The zero-order valence-corrected chi connectivity index (χ0v) is 18.5. The van der Waals surface area contributed by atoms with Gasteiger partial charge in [-0.1, -0.05) is 44.5 Å². The van der Waals surface area contributed by atoms with Gasteiger partial charge in [0, 0.05) is 36.3 Å². The average molecular weight is 432 g/mol. The van der Waals surface area contributed by atoms with Gasteiger partial charge in [-0.2, -0.15) is 0 Å². The van der Waals surface area contributed by atoms with Crippen LogP contribution in [0.5, 0.6) is 0 Å². The van der Waals surface area contributed by atoms with E-state index in [1.807, 2.05) is 12.1 Å². The van der Waals surface area contributed by atoms with Crippen LogP contribution in [0.1, 0.15) is 49.2 Å². The SMILES string of the molecule is CC(NC(=O)c1ccc(C(C)(C)C)cc1)C(=O)N(C)Cc1cc([N+](=O)[O-])ccc1Cl. The van der Waals surface area contributed by atoms with E-state index in [1.165, 1.54) is 23.1 Å². The Morgan fingerprint density at radius 1 is 1.17 bits per heavy atom. The van der Waals surface area contributed by atoms with Crippen molar-refractivity contribution in [1.82, 2.24) is 10.2 Å². The van der Waals surface area contributed by atoms with Crippen LogP contribution in [0.2, 0.25) is 5.02 Å². The predicted molar refractivity (Wildman–Crippen MR) is 117 cm³/mol. The number of hydrogen-bond acceptors (Lipinski definition) is 4. The van der Waals surface area contributed by atoms with Gasteiger partial charge in [0.15, 0.2) is 0 Å². The number of amides is 2. The Balaban J connectivity index is 2.04. The summed E-state index contributed by atoms with van der Waals surface area (Å²) in [7, 11) is 1.55. The van der Waals surface area contributed by atoms with E-state index in [4.69, 9.17) is 11.6 Å². The minimum absolute atomic E-state index is 0.0191. The molecule has 0 spiro atoms. The highest BCUT2D eigenvalue weighted by molar-refractivity contribution is 6.31. The number of benzene rings is 2. The van der Waals surface area contributed by atoms with E-state index in [-0.39, 0.29) is 29.5 Å². The largest absolute Gasteiger partial charge is 0.341 e. The highest BCUT2D eigenvalue weighted by Crippen LogP contribution is 2.24. The molecule has 0 fully saturated rings. The van der Waals surface area contributed by atoms with Crippen LogP contribution in [0.15, 0.2) is 42.5 Å². The predicted octanol–water partition coefficient (Wildman–Crippen LogP) is 4.32. The average Bonchev–Trinajstić information content (AvgIpc) is 2.68. The molecule has 0 saturated carbocycles. The van der Waals surface area contributed by atoms with Gasteiger partial charge in [-0.15, -0.1) is 0 Å². The van der Waals surface area contributed by atoms with Crippen LogP contribution in [0, 0.1) is 10.1 Å². The van der Waals surface area contributed by atoms with Gasteiger partial charge in [-0.3, -0.25) is 19.7 Å². The van der Waals surface area contributed by atoms with E-state index in [9.17, 15) is 19.7 Å². The molecule has 1 atom stereocenters. The Hall–Kier alpha value is -2.93. The molecule has 0 aliphatic carbocycles. The molecule has 0 bridgehead atoms. The number of rotatable bonds is 6. The van der Waals surface area contributed by atoms with Crippen LogP contribution in [-0.2, 0) is 16.8 Å². The maximum atomic E-state index is 12.7. The van der Waals surface area contributed by atoms with Crippen molar-refractivity contribution < 1.29 is 14.5 Å². The van der Waals surface area contributed by atoms with E-state index >= 15 is 0 Å². The molecule has 2 rings (SSSR count). The molecule has 0 heterocycles. The van der Waals surface area contributed by atoms with Crippen molar-refractivity contribution in [3.63, 3.8) is 0 Å². The standard InChI is InChI=1S/C22H26ClN3O4/c1-14(24-20(27)15-6-8-17(9-7-15)22(2,3)4)21(28)25(5)13-16-12-18(26(29)30)10-11-19(16)23/h6-12,14H,13H2,1-5H3,(H,24,27). The molecule has 0 aliphatic rings. The summed E-state index contributed by atoms with van der Waals surface area (Å²) in [4.78, 5) is 37.0. The number of halogens is 1. The van der Waals surface area contributed by atoms with Crippen molar-refractivity contribution in [2.45, 2.75) is 45.7 Å². The van der Waals surface area contributed by atoms with Gasteiger partial charge in [0.1, 0.15) is 6.04 Å². The summed E-state index contributed by atoms with van der Waals surface area (Å²) in [5, 5.41) is 14.0. The lowest BCUT2D eigenvalue weighted by Gasteiger charge is -2.23. The van der Waals surface area contributed by atoms with E-state index in [0.717, 1.165) is 5.56 Å². The van der Waals surface area contributed by atoms with E-state index < -0.39 is 11.0 Å². The molecule has 2 aromatic rings. The van der Waals surface area contributed by atoms with Crippen LogP contribution >= 0.6 is 11.6 Å². The molecule has 1 N–H and O–H groups in total. The number of hydrogen-bond donors (Lipinski definition) is 1. The van der Waals surface area contributed by atoms with Crippen LogP contribution in [-0.4, -0.2) is 34.7 Å². The summed E-state index contributed by atoms with van der Waals surface area (Å²) in [5.74, 6) is -0.685. The summed E-state index contributed by atoms with van der Waals surface area (Å²) in [6.07, 6.45) is 0. The first-order valence-corrected chi connectivity index (χ1v) is 9.87.